The molecule has 234 valence electrons. The van der Waals surface area contributed by atoms with Crippen LogP contribution in [0.3, 0.4) is 0 Å². The summed E-state index contributed by atoms with van der Waals surface area (Å²) in [6, 6.07) is 17.7. The highest BCUT2D eigenvalue weighted by Crippen LogP contribution is 2.44. The first-order valence-electron chi connectivity index (χ1n) is 18.1. The van der Waals surface area contributed by atoms with E-state index < -0.39 is 0 Å². The molecule has 0 saturated carbocycles. The van der Waals surface area contributed by atoms with Crippen molar-refractivity contribution in [2.75, 3.05) is 0 Å². The maximum absolute atomic E-state index is 7.06. The van der Waals surface area contributed by atoms with Crippen molar-refractivity contribution in [1.29, 1.82) is 0 Å². The van der Waals surface area contributed by atoms with Crippen LogP contribution in [0.4, 0.5) is 0 Å². The van der Waals surface area contributed by atoms with E-state index in [9.17, 15) is 0 Å². The summed E-state index contributed by atoms with van der Waals surface area (Å²) in [6.45, 7) is 0. The molecule has 17 heteroatoms. The third kappa shape index (κ3) is 4.91. The second-order valence-electron chi connectivity index (χ2n) is 14.8. The van der Waals surface area contributed by atoms with Gasteiger partial charge in [0.15, 0.2) is 0 Å². The van der Waals surface area contributed by atoms with E-state index in [0.29, 0.717) is 27.5 Å². The monoisotopic (exact) mass is 710 g/mol. The van der Waals surface area contributed by atoms with Crippen molar-refractivity contribution in [3.05, 3.63) is 54.6 Å². The molecule has 8 aromatic carbocycles. The molecule has 0 N–H and O–H groups in total. The minimum absolute atomic E-state index is 0.000560. The van der Waals surface area contributed by atoms with E-state index in [4.69, 9.17) is 127 Å². The number of furan rings is 2. The molecule has 0 fully saturated rings. The number of fused-ring (bicyclic) bond motifs is 10. The van der Waals surface area contributed by atoms with Gasteiger partial charge in [-0.15, -0.1) is 38.2 Å². The summed E-state index contributed by atoms with van der Waals surface area (Å²) in [5, 5.41) is 5.31. The third-order valence-electron chi connectivity index (χ3n) is 11.9. The molecule has 10 aromatic rings. The Balaban J connectivity index is 1.50. The summed E-state index contributed by atoms with van der Waals surface area (Å²) in [5.74, 6) is 0. The first-order chi connectivity index (χ1) is 28.1. The Hall–Kier alpha value is -4.89. The lowest BCUT2D eigenvalue weighted by molar-refractivity contribution is 0.672. The smallest absolute Gasteiger partial charge is 0.143 e. The zero-order chi connectivity index (χ0) is 41.8. The van der Waals surface area contributed by atoms with Gasteiger partial charge in [0.25, 0.3) is 0 Å². The summed E-state index contributed by atoms with van der Waals surface area (Å²) in [4.78, 5) is 0. The fourth-order valence-corrected chi connectivity index (χ4v) is 8.79. The van der Waals surface area contributed by atoms with Crippen LogP contribution >= 0.6 is 0 Å². The van der Waals surface area contributed by atoms with Crippen LogP contribution in [0.15, 0.2) is 63.4 Å². The standard InChI is InChI=1S/C42H9B15O2/c43-25-18-16(11-6-8-15-14(9-11)13-7-5-10-3-1-2-4-12(10)40(13)58-15)19-21(28(46)34(52)32(50)26(19)44)17(20(18)27(45)33(51)31(25)49)22-23-24-30(48)35(53)37(55)39(57)42(24)59-41(23)38(56)36(54)29(22)47/h1-9H. The average Bonchev–Trinajstić information content (AvgIpc) is 3.83. The Morgan fingerprint density at radius 3 is 1.34 bits per heavy atom. The topological polar surface area (TPSA) is 26.3 Å². The van der Waals surface area contributed by atoms with Crippen LogP contribution in [0.2, 0.25) is 0 Å². The van der Waals surface area contributed by atoms with Crippen molar-refractivity contribution >= 4 is 276 Å². The fraction of sp³-hybridized carbons (Fsp3) is 0. The van der Waals surface area contributed by atoms with E-state index in [1.807, 2.05) is 54.6 Å². The van der Waals surface area contributed by atoms with Gasteiger partial charge in [-0.05, 0) is 67.4 Å². The molecule has 59 heavy (non-hydrogen) atoms. The van der Waals surface area contributed by atoms with E-state index in [1.54, 1.807) is 0 Å². The second-order valence-corrected chi connectivity index (χ2v) is 14.8. The Morgan fingerprint density at radius 1 is 0.288 bits per heavy atom. The molecule has 0 aliphatic carbocycles. The molecule has 0 bridgehead atoms. The molecule has 0 aliphatic heterocycles. The largest absolute Gasteiger partial charge is 0.457 e. The molecule has 30 radical (unpaired) electrons. The van der Waals surface area contributed by atoms with Crippen LogP contribution in [0.25, 0.3) is 98.4 Å². The van der Waals surface area contributed by atoms with Crippen molar-refractivity contribution in [1.82, 2.24) is 0 Å². The van der Waals surface area contributed by atoms with Crippen molar-refractivity contribution in [3.63, 3.8) is 0 Å². The first kappa shape index (κ1) is 38.3. The van der Waals surface area contributed by atoms with Crippen LogP contribution in [0.1, 0.15) is 0 Å². The Kier molecular flexibility index (Phi) is 8.48. The van der Waals surface area contributed by atoms with Gasteiger partial charge in [-0.3, -0.25) is 0 Å². The van der Waals surface area contributed by atoms with Crippen LogP contribution in [0, 0.1) is 0 Å². The van der Waals surface area contributed by atoms with Crippen molar-refractivity contribution in [2.24, 2.45) is 0 Å². The van der Waals surface area contributed by atoms with Gasteiger partial charge < -0.3 is 8.83 Å². The van der Waals surface area contributed by atoms with Gasteiger partial charge in [-0.2, -0.15) is 0 Å². The normalized spacial score (nSPS) is 12.1. The summed E-state index contributed by atoms with van der Waals surface area (Å²) in [7, 11) is 101. The van der Waals surface area contributed by atoms with Gasteiger partial charge in [0, 0.05) is 26.9 Å². The molecule has 0 atom stereocenters. The SMILES string of the molecule is [B]c1c([B])c([B])c2c(oc3c([B])c([B])c([B])c(-c4c5c([B])c([B])c([B])c([B])c5c(-c5ccc6oc7c8ccccc8ccc7c6c5)c5c([B])c([B])c([B])c([B])c45)c32)c1[B]. The molecule has 0 amide bonds. The Morgan fingerprint density at radius 2 is 0.763 bits per heavy atom. The van der Waals surface area contributed by atoms with Crippen LogP contribution < -0.4 is 81.9 Å². The molecule has 10 rings (SSSR count). The first-order valence-corrected chi connectivity index (χ1v) is 18.1. The van der Waals surface area contributed by atoms with Crippen molar-refractivity contribution < 1.29 is 8.83 Å². The van der Waals surface area contributed by atoms with Gasteiger partial charge in [0.05, 0.1) is 0 Å². The molecule has 0 unspecified atom stereocenters. The summed E-state index contributed by atoms with van der Waals surface area (Å²) in [5.41, 5.74) is 3.11. The number of benzene rings is 8. The van der Waals surface area contributed by atoms with Crippen LogP contribution in [0.5, 0.6) is 0 Å². The summed E-state index contributed by atoms with van der Waals surface area (Å²) >= 11 is 0. The highest BCUT2D eigenvalue weighted by atomic mass is 16.3. The summed E-state index contributed by atoms with van der Waals surface area (Å²) in [6.07, 6.45) is 0. The van der Waals surface area contributed by atoms with Crippen LogP contribution in [-0.2, 0) is 0 Å². The summed E-state index contributed by atoms with van der Waals surface area (Å²) < 4.78 is 12.8. The van der Waals surface area contributed by atoms with E-state index >= 15 is 0 Å². The van der Waals surface area contributed by atoms with E-state index in [-0.39, 0.29) is 126 Å². The van der Waals surface area contributed by atoms with E-state index in [2.05, 4.69) is 0 Å². The zero-order valence-electron chi connectivity index (χ0n) is 31.2. The predicted octanol–water partition coefficient (Wildman–Crippen LogP) is -5.81. The average molecular weight is 708 g/mol. The minimum Gasteiger partial charge on any atom is -0.457 e. The molecular formula is C42H9B15O2. The molecule has 2 nitrogen and oxygen atoms in total. The quantitative estimate of drug-likeness (QED) is 0.132. The Labute approximate surface area is 359 Å². The molecular weight excluding hydrogens is 699 g/mol. The highest BCUT2D eigenvalue weighted by molar-refractivity contribution is 6.73. The zero-order valence-corrected chi connectivity index (χ0v) is 31.2. The second kappa shape index (κ2) is 13.1. The molecule has 2 heterocycles. The molecule has 0 saturated heterocycles. The van der Waals surface area contributed by atoms with Crippen molar-refractivity contribution in [2.45, 2.75) is 0 Å². The molecule has 0 aliphatic rings. The van der Waals surface area contributed by atoms with E-state index in [1.165, 1.54) is 0 Å². The highest BCUT2D eigenvalue weighted by Gasteiger charge is 2.29. The van der Waals surface area contributed by atoms with Gasteiger partial charge in [0.2, 0.25) is 0 Å². The fourth-order valence-electron chi connectivity index (χ4n) is 8.79. The predicted molar refractivity (Wildman–Crippen MR) is 265 cm³/mol. The van der Waals surface area contributed by atoms with Crippen LogP contribution in [-0.4, -0.2) is 118 Å². The van der Waals surface area contributed by atoms with Crippen molar-refractivity contribution in [3.8, 4) is 22.3 Å². The molecule has 0 spiro atoms. The van der Waals surface area contributed by atoms with Gasteiger partial charge in [0.1, 0.15) is 140 Å². The van der Waals surface area contributed by atoms with Gasteiger partial charge >= 0.3 is 0 Å². The maximum atomic E-state index is 7.06. The third-order valence-corrected chi connectivity index (χ3v) is 11.9. The maximum Gasteiger partial charge on any atom is 0.143 e. The number of hydrogen-bond donors (Lipinski definition) is 0. The number of hydrogen-bond acceptors (Lipinski definition) is 2. The Bertz CT molecular complexity index is 3540. The van der Waals surface area contributed by atoms with Gasteiger partial charge in [-0.1, -0.05) is 80.1 Å². The van der Waals surface area contributed by atoms with E-state index in [0.717, 1.165) is 27.1 Å². The number of rotatable bonds is 2. The lowest BCUT2D eigenvalue weighted by Gasteiger charge is -2.30. The lowest BCUT2D eigenvalue weighted by atomic mass is 9.58. The lowest BCUT2D eigenvalue weighted by Crippen LogP contribution is -2.50. The minimum atomic E-state index is -0.0512. The molecule has 2 aromatic heterocycles. The van der Waals surface area contributed by atoms with Gasteiger partial charge in [-0.25, -0.2) is 0 Å².